The van der Waals surface area contributed by atoms with Gasteiger partial charge in [0.2, 0.25) is 5.88 Å². The summed E-state index contributed by atoms with van der Waals surface area (Å²) in [5.74, 6) is 2.05. The lowest BCUT2D eigenvalue weighted by Crippen LogP contribution is -2.19. The van der Waals surface area contributed by atoms with Crippen LogP contribution in [0, 0.1) is 0 Å². The summed E-state index contributed by atoms with van der Waals surface area (Å²) in [5, 5.41) is 3.31. The molecule has 6 nitrogen and oxygen atoms in total. The van der Waals surface area contributed by atoms with Crippen LogP contribution in [0.3, 0.4) is 0 Å². The van der Waals surface area contributed by atoms with Gasteiger partial charge in [-0.2, -0.15) is 4.98 Å². The van der Waals surface area contributed by atoms with Crippen LogP contribution in [0.2, 0.25) is 0 Å². The molecule has 3 rings (SSSR count). The van der Waals surface area contributed by atoms with E-state index in [0.29, 0.717) is 11.7 Å². The van der Waals surface area contributed by atoms with Gasteiger partial charge >= 0.3 is 0 Å². The number of methoxy groups -OCH3 is 1. The molecule has 6 heteroatoms. The Morgan fingerprint density at radius 2 is 2.10 bits per heavy atom. The molecule has 1 aromatic rings. The Hall–Kier alpha value is -1.40. The van der Waals surface area contributed by atoms with Gasteiger partial charge in [-0.1, -0.05) is 0 Å². The summed E-state index contributed by atoms with van der Waals surface area (Å²) in [6.07, 6.45) is 4.55. The molecule has 20 heavy (non-hydrogen) atoms. The highest BCUT2D eigenvalue weighted by Gasteiger charge is 2.22. The second-order valence-corrected chi connectivity index (χ2v) is 5.17. The number of anilines is 1. The third kappa shape index (κ3) is 3.19. The first-order valence-electron chi connectivity index (χ1n) is 7.25. The average molecular weight is 279 g/mol. The fraction of sp³-hybridized carbons (Fsp3) is 0.714. The molecule has 0 spiro atoms. The van der Waals surface area contributed by atoms with Crippen LogP contribution in [-0.2, 0) is 9.47 Å². The van der Waals surface area contributed by atoms with Gasteiger partial charge in [0.25, 0.3) is 0 Å². The fourth-order valence-corrected chi connectivity index (χ4v) is 2.59. The van der Waals surface area contributed by atoms with E-state index in [9.17, 15) is 0 Å². The Morgan fingerprint density at radius 1 is 1.25 bits per heavy atom. The van der Waals surface area contributed by atoms with E-state index in [1.54, 1.807) is 7.11 Å². The van der Waals surface area contributed by atoms with Gasteiger partial charge < -0.3 is 19.5 Å². The Morgan fingerprint density at radius 3 is 2.80 bits per heavy atom. The highest BCUT2D eigenvalue weighted by Crippen LogP contribution is 2.28. The molecule has 2 atom stereocenters. The summed E-state index contributed by atoms with van der Waals surface area (Å²) < 4.78 is 16.5. The number of hydrogen-bond acceptors (Lipinski definition) is 6. The van der Waals surface area contributed by atoms with Crippen molar-refractivity contribution in [3.05, 3.63) is 11.9 Å². The quantitative estimate of drug-likeness (QED) is 0.888. The van der Waals surface area contributed by atoms with E-state index in [-0.39, 0.29) is 12.2 Å². The first kappa shape index (κ1) is 13.6. The summed E-state index contributed by atoms with van der Waals surface area (Å²) in [4.78, 5) is 8.93. The lowest BCUT2D eigenvalue weighted by atomic mass is 10.2. The molecule has 0 radical (unpaired) electrons. The second kappa shape index (κ2) is 6.37. The SMILES string of the molecule is COc1cc(NCC2CCCO2)nc(C2CCCO2)n1. The topological polar surface area (TPSA) is 65.5 Å². The van der Waals surface area contributed by atoms with E-state index >= 15 is 0 Å². The van der Waals surface area contributed by atoms with Gasteiger partial charge in [0.05, 0.1) is 13.2 Å². The summed E-state index contributed by atoms with van der Waals surface area (Å²) in [6, 6.07) is 1.81. The maximum atomic E-state index is 5.64. The summed E-state index contributed by atoms with van der Waals surface area (Å²) >= 11 is 0. The van der Waals surface area contributed by atoms with Crippen LogP contribution < -0.4 is 10.1 Å². The first-order chi connectivity index (χ1) is 9.85. The maximum Gasteiger partial charge on any atom is 0.218 e. The molecule has 0 aliphatic carbocycles. The van der Waals surface area contributed by atoms with Crippen molar-refractivity contribution in [2.75, 3.05) is 32.2 Å². The lowest BCUT2D eigenvalue weighted by Gasteiger charge is -2.14. The molecule has 2 saturated heterocycles. The molecule has 1 N–H and O–H groups in total. The highest BCUT2D eigenvalue weighted by molar-refractivity contribution is 5.39. The van der Waals surface area contributed by atoms with Gasteiger partial charge in [-0.25, -0.2) is 4.98 Å². The number of hydrogen-bond donors (Lipinski definition) is 1. The van der Waals surface area contributed by atoms with E-state index in [1.165, 1.54) is 0 Å². The van der Waals surface area contributed by atoms with Crippen LogP contribution in [0.25, 0.3) is 0 Å². The van der Waals surface area contributed by atoms with Gasteiger partial charge in [0.15, 0.2) is 5.82 Å². The Kier molecular flexibility index (Phi) is 4.32. The molecule has 0 aromatic carbocycles. The minimum atomic E-state index is -0.00613. The summed E-state index contributed by atoms with van der Waals surface area (Å²) in [7, 11) is 1.62. The molecular weight excluding hydrogens is 258 g/mol. The molecular formula is C14H21N3O3. The molecule has 0 amide bonds. The molecule has 2 unspecified atom stereocenters. The van der Waals surface area contributed by atoms with Crippen molar-refractivity contribution in [2.45, 2.75) is 37.9 Å². The molecule has 3 heterocycles. The van der Waals surface area contributed by atoms with Crippen LogP contribution in [0.1, 0.15) is 37.6 Å². The van der Waals surface area contributed by atoms with Crippen LogP contribution in [0.15, 0.2) is 6.07 Å². The number of ether oxygens (including phenoxy) is 3. The molecule has 2 aliphatic rings. The third-order valence-corrected chi connectivity index (χ3v) is 3.68. The molecule has 1 aromatic heterocycles. The van der Waals surface area contributed by atoms with E-state index < -0.39 is 0 Å². The molecule has 2 aliphatic heterocycles. The minimum absolute atomic E-state index is 0.00613. The number of rotatable bonds is 5. The maximum absolute atomic E-state index is 5.64. The normalized spacial score (nSPS) is 25.9. The van der Waals surface area contributed by atoms with Crippen molar-refractivity contribution in [3.63, 3.8) is 0 Å². The number of nitrogens with zero attached hydrogens (tertiary/aromatic N) is 2. The van der Waals surface area contributed by atoms with Crippen molar-refractivity contribution < 1.29 is 14.2 Å². The minimum Gasteiger partial charge on any atom is -0.481 e. The van der Waals surface area contributed by atoms with E-state index in [1.807, 2.05) is 6.07 Å². The van der Waals surface area contributed by atoms with E-state index in [4.69, 9.17) is 14.2 Å². The smallest absolute Gasteiger partial charge is 0.218 e. The van der Waals surface area contributed by atoms with Crippen LogP contribution in [-0.4, -0.2) is 42.9 Å². The summed E-state index contributed by atoms with van der Waals surface area (Å²) in [5.41, 5.74) is 0. The van der Waals surface area contributed by atoms with Crippen LogP contribution in [0.4, 0.5) is 5.82 Å². The average Bonchev–Trinajstić information content (AvgIpc) is 3.17. The van der Waals surface area contributed by atoms with Gasteiger partial charge in [-0.15, -0.1) is 0 Å². The Balaban J connectivity index is 1.69. The van der Waals surface area contributed by atoms with Gasteiger partial charge in [0, 0.05) is 25.8 Å². The molecule has 110 valence electrons. The lowest BCUT2D eigenvalue weighted by molar-refractivity contribution is 0.104. The zero-order valence-corrected chi connectivity index (χ0v) is 11.8. The number of aromatic nitrogens is 2. The summed E-state index contributed by atoms with van der Waals surface area (Å²) in [6.45, 7) is 2.41. The zero-order valence-electron chi connectivity index (χ0n) is 11.8. The van der Waals surface area contributed by atoms with Crippen molar-refractivity contribution in [1.82, 2.24) is 9.97 Å². The first-order valence-corrected chi connectivity index (χ1v) is 7.25. The van der Waals surface area contributed by atoms with Gasteiger partial charge in [0.1, 0.15) is 11.9 Å². The van der Waals surface area contributed by atoms with Crippen molar-refractivity contribution in [1.29, 1.82) is 0 Å². The van der Waals surface area contributed by atoms with E-state index in [2.05, 4.69) is 15.3 Å². The van der Waals surface area contributed by atoms with E-state index in [0.717, 1.165) is 51.3 Å². The molecule has 2 fully saturated rings. The monoisotopic (exact) mass is 279 g/mol. The van der Waals surface area contributed by atoms with Crippen LogP contribution in [0.5, 0.6) is 5.88 Å². The fourth-order valence-electron chi connectivity index (χ4n) is 2.59. The predicted molar refractivity (Wildman–Crippen MR) is 74.0 cm³/mol. The third-order valence-electron chi connectivity index (χ3n) is 3.68. The second-order valence-electron chi connectivity index (χ2n) is 5.17. The number of nitrogens with one attached hydrogen (secondary N) is 1. The van der Waals surface area contributed by atoms with Gasteiger partial charge in [-0.05, 0) is 25.7 Å². The Labute approximate surface area is 118 Å². The molecule has 0 saturated carbocycles. The van der Waals surface area contributed by atoms with Crippen molar-refractivity contribution in [2.24, 2.45) is 0 Å². The Bertz CT molecular complexity index is 443. The largest absolute Gasteiger partial charge is 0.481 e. The predicted octanol–water partition coefficient (Wildman–Crippen LogP) is 1.93. The van der Waals surface area contributed by atoms with Crippen LogP contribution >= 0.6 is 0 Å². The van der Waals surface area contributed by atoms with Crippen molar-refractivity contribution >= 4 is 5.82 Å². The zero-order chi connectivity index (χ0) is 13.8. The highest BCUT2D eigenvalue weighted by atomic mass is 16.5. The van der Waals surface area contributed by atoms with Gasteiger partial charge in [-0.3, -0.25) is 0 Å². The standard InChI is InChI=1S/C14H21N3O3/c1-18-13-8-12(15-9-10-4-2-6-19-10)16-14(17-13)11-5-3-7-20-11/h8,10-11H,2-7,9H2,1H3,(H,15,16,17). The molecule has 0 bridgehead atoms. The van der Waals surface area contributed by atoms with Crippen molar-refractivity contribution in [3.8, 4) is 5.88 Å².